The Morgan fingerprint density at radius 3 is 2.38 bits per heavy atom. The van der Waals surface area contributed by atoms with Gasteiger partial charge in [-0.15, -0.1) is 0 Å². The fraction of sp³-hybridized carbons (Fsp3) is 0.333. The van der Waals surface area contributed by atoms with Gasteiger partial charge in [-0.25, -0.2) is 8.42 Å². The van der Waals surface area contributed by atoms with Crippen LogP contribution in [0.5, 0.6) is 0 Å². The molecule has 2 atom stereocenters. The smallest absolute Gasteiger partial charge is 0.548 e. The predicted octanol–water partition coefficient (Wildman–Crippen LogP) is -5.18. The van der Waals surface area contributed by atoms with E-state index in [1.54, 1.807) is 12.1 Å². The minimum atomic E-state index is -4.14. The molecule has 2 aliphatic heterocycles. The minimum absolute atomic E-state index is 0. The molecule has 1 aromatic rings. The number of carboxylic acid groups (broad SMARTS) is 1. The standard InChI is InChI=1S/C15H15N3O6S.Na/c1-15(2)10(14(21)22)18-12(20)9(13(18)25(15,23)24)8(11(16)19)7-5-3-4-6-17-7;/h3-6,10,13H,1-2H3,(H2,16,19)(H,21,22);/q;+1/p-1/b9-8+;/t10-,13+;/m0./s1. The fourth-order valence-corrected chi connectivity index (χ4v) is 5.44. The van der Waals surface area contributed by atoms with Crippen LogP contribution >= 0.6 is 0 Å². The number of rotatable bonds is 3. The number of carboxylic acids is 1. The number of nitrogens with two attached hydrogens (primary N) is 1. The molecule has 0 aromatic carbocycles. The average Bonchev–Trinajstić information content (AvgIpc) is 2.66. The molecule has 2 amide bonds. The van der Waals surface area contributed by atoms with Crippen molar-refractivity contribution in [3.63, 3.8) is 0 Å². The summed E-state index contributed by atoms with van der Waals surface area (Å²) >= 11 is 0. The third kappa shape index (κ3) is 2.51. The third-order valence-electron chi connectivity index (χ3n) is 4.59. The van der Waals surface area contributed by atoms with Gasteiger partial charge in [0, 0.05) is 6.20 Å². The number of sulfone groups is 1. The second kappa shape index (κ2) is 6.45. The zero-order valence-corrected chi connectivity index (χ0v) is 17.1. The third-order valence-corrected chi connectivity index (χ3v) is 7.33. The SMILES string of the molecule is CC1(C)[C@H](C(=O)[O-])N2C(=O)/C(=C(\C(N)=O)c3ccccn3)[C@H]2S1(=O)=O.[Na+]. The number of carbonyl (C=O) groups is 3. The zero-order chi connectivity index (χ0) is 18.7. The molecule has 0 spiro atoms. The van der Waals surface area contributed by atoms with Gasteiger partial charge in [0.2, 0.25) is 0 Å². The van der Waals surface area contributed by atoms with E-state index in [1.807, 2.05) is 0 Å². The van der Waals surface area contributed by atoms with E-state index >= 15 is 0 Å². The molecule has 0 bridgehead atoms. The second-order valence-corrected chi connectivity index (χ2v) is 8.89. The molecule has 9 nitrogen and oxygen atoms in total. The van der Waals surface area contributed by atoms with E-state index in [-0.39, 0.29) is 46.4 Å². The summed E-state index contributed by atoms with van der Waals surface area (Å²) in [4.78, 5) is 40.5. The number of nitrogens with zero attached hydrogens (tertiary/aromatic N) is 2. The number of aliphatic carboxylic acids is 1. The van der Waals surface area contributed by atoms with Gasteiger partial charge in [-0.05, 0) is 26.0 Å². The van der Waals surface area contributed by atoms with E-state index in [2.05, 4.69) is 4.98 Å². The van der Waals surface area contributed by atoms with E-state index in [0.717, 1.165) is 0 Å². The Bertz CT molecular complexity index is 941. The van der Waals surface area contributed by atoms with Crippen molar-refractivity contribution in [3.05, 3.63) is 35.7 Å². The number of amides is 2. The minimum Gasteiger partial charge on any atom is -0.548 e. The summed E-state index contributed by atoms with van der Waals surface area (Å²) in [7, 11) is -4.14. The fourth-order valence-electron chi connectivity index (χ4n) is 3.30. The van der Waals surface area contributed by atoms with E-state index in [1.165, 1.54) is 26.1 Å². The molecule has 26 heavy (non-hydrogen) atoms. The molecule has 1 aromatic heterocycles. The van der Waals surface area contributed by atoms with Crippen molar-refractivity contribution in [2.75, 3.05) is 0 Å². The molecule has 3 heterocycles. The molecule has 2 saturated heterocycles. The summed E-state index contributed by atoms with van der Waals surface area (Å²) in [6.45, 7) is 2.41. The second-order valence-electron chi connectivity index (χ2n) is 6.30. The van der Waals surface area contributed by atoms with E-state index in [0.29, 0.717) is 4.90 Å². The number of hydrogen-bond donors (Lipinski definition) is 1. The van der Waals surface area contributed by atoms with Gasteiger partial charge in [-0.3, -0.25) is 14.6 Å². The number of fused-ring (bicyclic) bond motifs is 1. The van der Waals surface area contributed by atoms with Gasteiger partial charge in [0.05, 0.1) is 33.6 Å². The molecule has 0 aliphatic carbocycles. The van der Waals surface area contributed by atoms with Crippen molar-refractivity contribution in [1.82, 2.24) is 9.88 Å². The summed E-state index contributed by atoms with van der Waals surface area (Å²) in [5.74, 6) is -3.58. The van der Waals surface area contributed by atoms with Gasteiger partial charge in [-0.1, -0.05) is 6.07 Å². The van der Waals surface area contributed by atoms with Crippen molar-refractivity contribution in [2.45, 2.75) is 30.0 Å². The van der Waals surface area contributed by atoms with Gasteiger partial charge in [0.25, 0.3) is 11.8 Å². The quantitative estimate of drug-likeness (QED) is 0.309. The molecule has 132 valence electrons. The van der Waals surface area contributed by atoms with Crippen LogP contribution < -0.4 is 40.4 Å². The van der Waals surface area contributed by atoms with Crippen LogP contribution in [0.25, 0.3) is 5.57 Å². The molecule has 0 unspecified atom stereocenters. The van der Waals surface area contributed by atoms with Crippen LogP contribution in [0.4, 0.5) is 0 Å². The van der Waals surface area contributed by atoms with E-state index in [9.17, 15) is 27.9 Å². The van der Waals surface area contributed by atoms with Gasteiger partial charge >= 0.3 is 29.6 Å². The molecule has 2 fully saturated rings. The van der Waals surface area contributed by atoms with Crippen molar-refractivity contribution >= 4 is 33.2 Å². The summed E-state index contributed by atoms with van der Waals surface area (Å²) in [6.07, 6.45) is 1.36. The van der Waals surface area contributed by atoms with Crippen molar-refractivity contribution < 1.29 is 57.5 Å². The van der Waals surface area contributed by atoms with Crippen LogP contribution in [0.15, 0.2) is 30.0 Å². The van der Waals surface area contributed by atoms with Gasteiger partial charge in [-0.2, -0.15) is 0 Å². The number of pyridine rings is 1. The van der Waals surface area contributed by atoms with Gasteiger partial charge in [0.1, 0.15) is 0 Å². The molecule has 3 rings (SSSR count). The van der Waals surface area contributed by atoms with Crippen molar-refractivity contribution in [3.8, 4) is 0 Å². The van der Waals surface area contributed by atoms with Crippen LogP contribution in [-0.2, 0) is 24.2 Å². The summed E-state index contributed by atoms with van der Waals surface area (Å²) in [5, 5.41) is 9.86. The number of primary amides is 1. The number of carbonyl (C=O) groups excluding carboxylic acids is 3. The molecular weight excluding hydrogens is 373 g/mol. The number of β-lactam (4-membered cyclic amide) rings is 1. The van der Waals surface area contributed by atoms with Crippen LogP contribution in [0, 0.1) is 0 Å². The van der Waals surface area contributed by atoms with Crippen molar-refractivity contribution in [2.24, 2.45) is 5.73 Å². The number of hydrogen-bond acceptors (Lipinski definition) is 7. The van der Waals surface area contributed by atoms with Crippen LogP contribution in [0.1, 0.15) is 19.5 Å². The molecular formula is C15H14N3NaO6S. The molecule has 2 N–H and O–H groups in total. The van der Waals surface area contributed by atoms with E-state index in [4.69, 9.17) is 5.73 Å². The normalized spacial score (nSPS) is 27.0. The Balaban J connectivity index is 0.00000243. The maximum atomic E-state index is 12.8. The first-order valence-electron chi connectivity index (χ1n) is 7.25. The average molecular weight is 387 g/mol. The maximum Gasteiger partial charge on any atom is 1.00 e. The summed E-state index contributed by atoms with van der Waals surface area (Å²) in [6, 6.07) is 2.87. The van der Waals surface area contributed by atoms with Gasteiger partial charge < -0.3 is 20.5 Å². The first-order chi connectivity index (χ1) is 11.5. The van der Waals surface area contributed by atoms with Crippen molar-refractivity contribution in [1.29, 1.82) is 0 Å². The van der Waals surface area contributed by atoms with E-state index < -0.39 is 43.8 Å². The topological polar surface area (TPSA) is 151 Å². The van der Waals surface area contributed by atoms with Crippen LogP contribution in [0.2, 0.25) is 0 Å². The monoisotopic (exact) mass is 387 g/mol. The maximum absolute atomic E-state index is 12.8. The summed E-state index contributed by atoms with van der Waals surface area (Å²) in [5.41, 5.74) is 4.70. The first-order valence-corrected chi connectivity index (χ1v) is 8.80. The Morgan fingerprint density at radius 1 is 1.31 bits per heavy atom. The first kappa shape index (κ1) is 20.6. The zero-order valence-electron chi connectivity index (χ0n) is 14.3. The van der Waals surface area contributed by atoms with Crippen LogP contribution in [-0.4, -0.2) is 52.2 Å². The molecule has 0 saturated carbocycles. The number of aromatic nitrogens is 1. The molecule has 11 heteroatoms. The van der Waals surface area contributed by atoms with Crippen LogP contribution in [0.3, 0.4) is 0 Å². The summed E-state index contributed by atoms with van der Waals surface area (Å²) < 4.78 is 23.9. The largest absolute Gasteiger partial charge is 1.00 e. The van der Waals surface area contributed by atoms with Gasteiger partial charge in [0.15, 0.2) is 15.2 Å². The molecule has 2 aliphatic rings. The predicted molar refractivity (Wildman–Crippen MR) is 82.8 cm³/mol. The Labute approximate surface area is 171 Å². The molecule has 0 radical (unpaired) electrons. The Kier molecular flexibility index (Phi) is 5.10. The Hall–Kier alpha value is -1.75. The Morgan fingerprint density at radius 2 is 1.92 bits per heavy atom.